The van der Waals surface area contributed by atoms with Crippen molar-refractivity contribution >= 4 is 0 Å². The summed E-state index contributed by atoms with van der Waals surface area (Å²) in [6.45, 7) is 1.42. The van der Waals surface area contributed by atoms with Crippen LogP contribution in [0.15, 0.2) is 30.3 Å². The highest BCUT2D eigenvalue weighted by Gasteiger charge is 2.21. The Labute approximate surface area is 119 Å². The van der Waals surface area contributed by atoms with Crippen LogP contribution in [0.5, 0.6) is 0 Å². The van der Waals surface area contributed by atoms with Crippen LogP contribution in [-0.4, -0.2) is 0 Å². The highest BCUT2D eigenvalue weighted by Crippen LogP contribution is 2.26. The molecule has 2 nitrogen and oxygen atoms in total. The Balaban J connectivity index is 2.40. The molecule has 0 aliphatic carbocycles. The Kier molecular flexibility index (Phi) is 4.59. The first-order chi connectivity index (χ1) is 9.95. The van der Waals surface area contributed by atoms with Crippen LogP contribution in [0.25, 0.3) is 0 Å². The third-order valence-corrected chi connectivity index (χ3v) is 3.35. The molecule has 6 heteroatoms. The SMILES string of the molecule is Cc1ccc(C(Cc2c(F)cccc2F)NN)c(F)c1F. The Hall–Kier alpha value is -1.92. The number of aryl methyl sites for hydroxylation is 1. The van der Waals surface area contributed by atoms with Crippen LogP contribution in [0.3, 0.4) is 0 Å². The number of hydrogen-bond donors (Lipinski definition) is 2. The van der Waals surface area contributed by atoms with E-state index in [1.807, 2.05) is 0 Å². The topological polar surface area (TPSA) is 38.0 Å². The first-order valence-corrected chi connectivity index (χ1v) is 6.29. The number of benzene rings is 2. The number of nitrogens with two attached hydrogens (primary N) is 1. The van der Waals surface area contributed by atoms with E-state index >= 15 is 0 Å². The van der Waals surface area contributed by atoms with E-state index in [0.29, 0.717) is 0 Å². The van der Waals surface area contributed by atoms with Gasteiger partial charge in [-0.05, 0) is 31.0 Å². The highest BCUT2D eigenvalue weighted by atomic mass is 19.2. The van der Waals surface area contributed by atoms with Gasteiger partial charge in [0.05, 0.1) is 6.04 Å². The predicted octanol–water partition coefficient (Wildman–Crippen LogP) is 3.30. The Morgan fingerprint density at radius 3 is 2.19 bits per heavy atom. The standard InChI is InChI=1S/C15H14F4N2/c1-8-5-6-9(15(19)14(8)18)13(21-20)7-10-11(16)3-2-4-12(10)17/h2-6,13,21H,7,20H2,1H3. The molecule has 1 atom stereocenters. The summed E-state index contributed by atoms with van der Waals surface area (Å²) in [6, 6.07) is 5.19. The average molecular weight is 298 g/mol. The zero-order chi connectivity index (χ0) is 15.6. The molecule has 0 heterocycles. The molecule has 0 spiro atoms. The average Bonchev–Trinajstić information content (AvgIpc) is 2.46. The van der Waals surface area contributed by atoms with Gasteiger partial charge in [0.1, 0.15) is 11.6 Å². The first-order valence-electron chi connectivity index (χ1n) is 6.29. The van der Waals surface area contributed by atoms with Crippen LogP contribution in [0.1, 0.15) is 22.7 Å². The van der Waals surface area contributed by atoms with Gasteiger partial charge in [0, 0.05) is 11.1 Å². The van der Waals surface area contributed by atoms with Crippen molar-refractivity contribution in [2.24, 2.45) is 5.84 Å². The van der Waals surface area contributed by atoms with Gasteiger partial charge in [0.2, 0.25) is 0 Å². The van der Waals surface area contributed by atoms with Gasteiger partial charge in [-0.1, -0.05) is 18.2 Å². The second-order valence-electron chi connectivity index (χ2n) is 4.72. The lowest BCUT2D eigenvalue weighted by atomic mass is 9.97. The van der Waals surface area contributed by atoms with Gasteiger partial charge in [-0.2, -0.15) is 0 Å². The molecule has 0 radical (unpaired) electrons. The van der Waals surface area contributed by atoms with E-state index in [1.165, 1.54) is 25.1 Å². The number of hydrazine groups is 1. The quantitative estimate of drug-likeness (QED) is 0.516. The molecule has 0 bridgehead atoms. The second-order valence-corrected chi connectivity index (χ2v) is 4.72. The molecule has 0 aliphatic heterocycles. The van der Waals surface area contributed by atoms with Gasteiger partial charge in [0.25, 0.3) is 0 Å². The molecule has 0 aliphatic rings. The van der Waals surface area contributed by atoms with Crippen molar-refractivity contribution in [3.05, 3.63) is 70.3 Å². The van der Waals surface area contributed by atoms with E-state index in [4.69, 9.17) is 5.84 Å². The molecule has 2 rings (SSSR count). The van der Waals surface area contributed by atoms with Crippen molar-refractivity contribution in [1.29, 1.82) is 0 Å². The summed E-state index contributed by atoms with van der Waals surface area (Å²) in [5.41, 5.74) is 2.10. The van der Waals surface area contributed by atoms with Crippen molar-refractivity contribution in [2.45, 2.75) is 19.4 Å². The summed E-state index contributed by atoms with van der Waals surface area (Å²) >= 11 is 0. The van der Waals surface area contributed by atoms with Gasteiger partial charge in [-0.15, -0.1) is 0 Å². The monoisotopic (exact) mass is 298 g/mol. The maximum atomic E-state index is 13.9. The molecule has 112 valence electrons. The van der Waals surface area contributed by atoms with Gasteiger partial charge >= 0.3 is 0 Å². The molecule has 0 fully saturated rings. The smallest absolute Gasteiger partial charge is 0.163 e. The van der Waals surface area contributed by atoms with E-state index in [0.717, 1.165) is 12.1 Å². The third kappa shape index (κ3) is 3.06. The number of hydrogen-bond acceptors (Lipinski definition) is 2. The number of halogens is 4. The lowest BCUT2D eigenvalue weighted by Gasteiger charge is -2.18. The fraction of sp³-hybridized carbons (Fsp3) is 0.200. The zero-order valence-electron chi connectivity index (χ0n) is 11.3. The van der Waals surface area contributed by atoms with Crippen molar-refractivity contribution in [1.82, 2.24) is 5.43 Å². The summed E-state index contributed by atoms with van der Waals surface area (Å²) < 4.78 is 54.8. The normalized spacial score (nSPS) is 12.5. The van der Waals surface area contributed by atoms with Crippen LogP contribution in [0.4, 0.5) is 17.6 Å². The molecular weight excluding hydrogens is 284 g/mol. The first kappa shape index (κ1) is 15.5. The molecule has 21 heavy (non-hydrogen) atoms. The third-order valence-electron chi connectivity index (χ3n) is 3.35. The summed E-state index contributed by atoms with van der Waals surface area (Å²) in [7, 11) is 0. The van der Waals surface area contributed by atoms with Gasteiger partial charge < -0.3 is 0 Å². The molecule has 0 amide bonds. The van der Waals surface area contributed by atoms with Crippen molar-refractivity contribution in [3.63, 3.8) is 0 Å². The van der Waals surface area contributed by atoms with Gasteiger partial charge in [0.15, 0.2) is 11.6 Å². The summed E-state index contributed by atoms with van der Waals surface area (Å²) in [6.07, 6.45) is -0.242. The fourth-order valence-electron chi connectivity index (χ4n) is 2.12. The Morgan fingerprint density at radius 2 is 1.62 bits per heavy atom. The molecule has 0 saturated carbocycles. The lowest BCUT2D eigenvalue weighted by Crippen LogP contribution is -2.31. The number of rotatable bonds is 4. The summed E-state index contributed by atoms with van der Waals surface area (Å²) in [5, 5.41) is 0. The molecule has 2 aromatic rings. The Bertz CT molecular complexity index is 638. The molecule has 2 aromatic carbocycles. The van der Waals surface area contributed by atoms with E-state index in [-0.39, 0.29) is 23.1 Å². The largest absolute Gasteiger partial charge is 0.271 e. The van der Waals surface area contributed by atoms with Crippen LogP contribution < -0.4 is 11.3 Å². The van der Waals surface area contributed by atoms with Gasteiger partial charge in [-0.25, -0.2) is 17.6 Å². The van der Waals surface area contributed by atoms with E-state index in [9.17, 15) is 17.6 Å². The zero-order valence-corrected chi connectivity index (χ0v) is 11.3. The van der Waals surface area contributed by atoms with Gasteiger partial charge in [-0.3, -0.25) is 11.3 Å². The summed E-state index contributed by atoms with van der Waals surface area (Å²) in [4.78, 5) is 0. The molecule has 0 aromatic heterocycles. The number of nitrogens with one attached hydrogen (secondary N) is 1. The van der Waals surface area contributed by atoms with E-state index in [1.54, 1.807) is 0 Å². The molecule has 1 unspecified atom stereocenters. The van der Waals surface area contributed by atoms with Crippen molar-refractivity contribution in [2.75, 3.05) is 0 Å². The minimum absolute atomic E-state index is 0.0803. The maximum Gasteiger partial charge on any atom is 0.163 e. The van der Waals surface area contributed by atoms with Crippen molar-refractivity contribution in [3.8, 4) is 0 Å². The molecule has 3 N–H and O–H groups in total. The summed E-state index contributed by atoms with van der Waals surface area (Å²) in [5.74, 6) is 1.73. The molecular formula is C15H14F4N2. The van der Waals surface area contributed by atoms with E-state index in [2.05, 4.69) is 5.43 Å². The van der Waals surface area contributed by atoms with Crippen molar-refractivity contribution < 1.29 is 17.6 Å². The molecule has 0 saturated heterocycles. The maximum absolute atomic E-state index is 13.9. The fourth-order valence-corrected chi connectivity index (χ4v) is 2.12. The minimum atomic E-state index is -1.07. The van der Waals surface area contributed by atoms with Crippen LogP contribution in [-0.2, 0) is 6.42 Å². The predicted molar refractivity (Wildman–Crippen MR) is 71.2 cm³/mol. The van der Waals surface area contributed by atoms with Crippen LogP contribution in [0.2, 0.25) is 0 Å². The van der Waals surface area contributed by atoms with E-state index < -0.39 is 29.3 Å². The second kappa shape index (κ2) is 6.24. The minimum Gasteiger partial charge on any atom is -0.271 e. The lowest BCUT2D eigenvalue weighted by molar-refractivity contribution is 0.451. The highest BCUT2D eigenvalue weighted by molar-refractivity contribution is 5.30. The van der Waals surface area contributed by atoms with Crippen LogP contribution in [0, 0.1) is 30.2 Å². The Morgan fingerprint density at radius 1 is 1.00 bits per heavy atom. The van der Waals surface area contributed by atoms with Crippen LogP contribution >= 0.6 is 0 Å².